The molecule has 9 heteroatoms. The molecule has 6 aromatic carbocycles. The molecular formula is C52H50N2O7. The number of rotatable bonds is 17. The number of esters is 1. The van der Waals surface area contributed by atoms with Gasteiger partial charge < -0.3 is 24.2 Å². The third-order valence-electron chi connectivity index (χ3n) is 10.9. The number of hydrogen-bond donors (Lipinski definition) is 1. The summed E-state index contributed by atoms with van der Waals surface area (Å²) in [4.78, 5) is 46.7. The number of carbonyl (C=O) groups is 3. The van der Waals surface area contributed by atoms with E-state index in [9.17, 15) is 9.90 Å². The van der Waals surface area contributed by atoms with Crippen molar-refractivity contribution in [2.45, 2.75) is 50.9 Å². The highest BCUT2D eigenvalue weighted by Crippen LogP contribution is 2.48. The highest BCUT2D eigenvalue weighted by Gasteiger charge is 2.50. The molecule has 0 saturated heterocycles. The van der Waals surface area contributed by atoms with Crippen LogP contribution in [0.15, 0.2) is 164 Å². The van der Waals surface area contributed by atoms with E-state index in [0.29, 0.717) is 34.7 Å². The minimum atomic E-state index is -0.893. The first-order valence-electron chi connectivity index (χ1n) is 20.5. The van der Waals surface area contributed by atoms with Crippen molar-refractivity contribution >= 4 is 23.5 Å². The minimum absolute atomic E-state index is 0.0384. The number of hydrogen-bond acceptors (Lipinski definition) is 7. The van der Waals surface area contributed by atoms with Crippen LogP contribution >= 0.6 is 0 Å². The molecule has 1 aliphatic heterocycles. The van der Waals surface area contributed by atoms with Crippen molar-refractivity contribution in [1.29, 1.82) is 0 Å². The van der Waals surface area contributed by atoms with Crippen LogP contribution in [0.5, 0.6) is 11.5 Å². The van der Waals surface area contributed by atoms with E-state index in [1.54, 1.807) is 41.2 Å². The highest BCUT2D eigenvalue weighted by molar-refractivity contribution is 6.08. The maximum atomic E-state index is 15.2. The smallest absolute Gasteiger partial charge is 0.302 e. The van der Waals surface area contributed by atoms with E-state index in [0.717, 1.165) is 33.4 Å². The van der Waals surface area contributed by atoms with Gasteiger partial charge in [-0.1, -0.05) is 115 Å². The molecule has 7 rings (SSSR count). The molecule has 0 aromatic heterocycles. The van der Waals surface area contributed by atoms with Crippen LogP contribution in [0.3, 0.4) is 0 Å². The minimum Gasteiger partial charge on any atom is -0.497 e. The maximum Gasteiger partial charge on any atom is 0.302 e. The van der Waals surface area contributed by atoms with E-state index >= 15 is 9.59 Å². The maximum absolute atomic E-state index is 15.2. The number of carbonyl (C=O) groups excluding carboxylic acids is 3. The fraction of sp³-hybridized carbons (Fsp3) is 0.212. The second kappa shape index (κ2) is 19.9. The Hall–Kier alpha value is -6.97. The number of methoxy groups -OCH3 is 1. The van der Waals surface area contributed by atoms with Crippen molar-refractivity contribution in [3.63, 3.8) is 0 Å². The molecule has 310 valence electrons. The first-order chi connectivity index (χ1) is 29.8. The van der Waals surface area contributed by atoms with Gasteiger partial charge >= 0.3 is 5.97 Å². The summed E-state index contributed by atoms with van der Waals surface area (Å²) in [5.74, 6) is 0.135. The Balaban J connectivity index is 1.38. The monoisotopic (exact) mass is 814 g/mol. The van der Waals surface area contributed by atoms with Gasteiger partial charge in [-0.2, -0.15) is 0 Å². The third-order valence-corrected chi connectivity index (χ3v) is 10.9. The summed E-state index contributed by atoms with van der Waals surface area (Å²) < 4.78 is 17.6. The van der Waals surface area contributed by atoms with Gasteiger partial charge in [0.25, 0.3) is 5.91 Å². The molecule has 0 saturated carbocycles. The normalized spacial score (nSPS) is 14.7. The summed E-state index contributed by atoms with van der Waals surface area (Å²) in [5.41, 5.74) is 7.36. The topological polar surface area (TPSA) is 106 Å². The summed E-state index contributed by atoms with van der Waals surface area (Å²) in [6.45, 7) is 5.74. The molecule has 1 heterocycles. The predicted octanol–water partition coefficient (Wildman–Crippen LogP) is 9.64. The number of ether oxygens (including phenoxy) is 3. The highest BCUT2D eigenvalue weighted by atomic mass is 16.5. The number of amides is 2. The van der Waals surface area contributed by atoms with Gasteiger partial charge in [0.05, 0.1) is 37.9 Å². The first-order valence-corrected chi connectivity index (χ1v) is 20.5. The molecule has 0 radical (unpaired) electrons. The van der Waals surface area contributed by atoms with E-state index in [2.05, 4.69) is 18.7 Å². The van der Waals surface area contributed by atoms with Crippen LogP contribution in [0.4, 0.5) is 5.69 Å². The molecule has 1 unspecified atom stereocenters. The summed E-state index contributed by atoms with van der Waals surface area (Å²) in [7, 11) is 1.60. The number of aliphatic hydroxyl groups excluding tert-OH is 1. The largest absolute Gasteiger partial charge is 0.497 e. The van der Waals surface area contributed by atoms with Crippen LogP contribution in [-0.4, -0.2) is 60.3 Å². The molecule has 1 N–H and O–H groups in total. The molecule has 9 nitrogen and oxygen atoms in total. The molecular weight excluding hydrogens is 765 g/mol. The zero-order valence-corrected chi connectivity index (χ0v) is 34.5. The summed E-state index contributed by atoms with van der Waals surface area (Å²) in [6.07, 6.45) is 1.45. The molecule has 2 amide bonds. The van der Waals surface area contributed by atoms with E-state index in [1.165, 1.54) is 6.92 Å². The number of benzene rings is 6. The molecule has 6 aromatic rings. The van der Waals surface area contributed by atoms with E-state index in [-0.39, 0.29) is 44.4 Å². The van der Waals surface area contributed by atoms with Gasteiger partial charge in [-0.25, -0.2) is 0 Å². The average Bonchev–Trinajstić information content (AvgIpc) is 3.62. The number of aliphatic hydroxyl groups is 1. The van der Waals surface area contributed by atoms with Crippen LogP contribution in [0.2, 0.25) is 0 Å². The van der Waals surface area contributed by atoms with Crippen LogP contribution in [0, 0.1) is 0 Å². The number of fused-ring (bicyclic) bond motifs is 1. The summed E-state index contributed by atoms with van der Waals surface area (Å²) in [5, 5.41) is 9.53. The standard InChI is InChI=1S/C52H50N2O7/c1-4-12-48(61-36(2)56)51-50(53(49(57)33-37-19-27-44(59-3)28-20-37)35-38-17-21-41(22-18-38)39-13-7-5-8-14-39)46-34-45(60-32-11-31-55)29-30-47(46)54(51)52(58)43-25-23-42(24-26-43)40-15-9-6-10-16-40/h4-10,13-30,34,48,50-51,55H,1,11-12,31-33,35H2,2-3H3/t48?,50-,51+/m0/s1. The molecule has 0 spiro atoms. The second-order valence-electron chi connectivity index (χ2n) is 15.0. The van der Waals surface area contributed by atoms with Crippen LogP contribution < -0.4 is 14.4 Å². The van der Waals surface area contributed by atoms with Crippen LogP contribution in [0.1, 0.15) is 52.9 Å². The van der Waals surface area contributed by atoms with Gasteiger partial charge in [-0.15, -0.1) is 6.58 Å². The Morgan fingerprint density at radius 2 is 1.33 bits per heavy atom. The zero-order valence-electron chi connectivity index (χ0n) is 34.5. The first kappa shape index (κ1) is 42.2. The Bertz CT molecular complexity index is 2420. The Morgan fingerprint density at radius 1 is 0.754 bits per heavy atom. The second-order valence-corrected chi connectivity index (χ2v) is 15.0. The van der Waals surface area contributed by atoms with E-state index in [1.807, 2.05) is 121 Å². The number of nitrogens with zero attached hydrogens (tertiary/aromatic N) is 2. The number of anilines is 1. The molecule has 0 aliphatic carbocycles. The lowest BCUT2D eigenvalue weighted by Crippen LogP contribution is -2.53. The van der Waals surface area contributed by atoms with Gasteiger partial charge in [-0.3, -0.25) is 19.3 Å². The van der Waals surface area contributed by atoms with Gasteiger partial charge in [-0.05, 0) is 75.8 Å². The lowest BCUT2D eigenvalue weighted by atomic mass is 9.93. The lowest BCUT2D eigenvalue weighted by molar-refractivity contribution is -0.148. The molecule has 0 fully saturated rings. The summed E-state index contributed by atoms with van der Waals surface area (Å²) >= 11 is 0. The van der Waals surface area contributed by atoms with Crippen molar-refractivity contribution in [1.82, 2.24) is 4.90 Å². The summed E-state index contributed by atoms with van der Waals surface area (Å²) in [6, 6.07) is 46.7. The van der Waals surface area contributed by atoms with Crippen molar-refractivity contribution in [2.24, 2.45) is 0 Å². The lowest BCUT2D eigenvalue weighted by Gasteiger charge is -2.39. The Kier molecular flexibility index (Phi) is 13.7. The van der Waals surface area contributed by atoms with E-state index in [4.69, 9.17) is 14.2 Å². The van der Waals surface area contributed by atoms with Crippen LogP contribution in [-0.2, 0) is 27.3 Å². The fourth-order valence-electron chi connectivity index (χ4n) is 7.99. The molecule has 0 bridgehead atoms. The molecule has 1 aliphatic rings. The fourth-order valence-corrected chi connectivity index (χ4v) is 7.99. The van der Waals surface area contributed by atoms with Crippen molar-refractivity contribution in [3.05, 3.63) is 187 Å². The van der Waals surface area contributed by atoms with Gasteiger partial charge in [0, 0.05) is 44.0 Å². The van der Waals surface area contributed by atoms with Crippen molar-refractivity contribution in [2.75, 3.05) is 25.2 Å². The van der Waals surface area contributed by atoms with Gasteiger partial charge in [0.15, 0.2) is 0 Å². The third kappa shape index (κ3) is 9.91. The average molecular weight is 815 g/mol. The Morgan fingerprint density at radius 3 is 1.90 bits per heavy atom. The SMILES string of the molecule is C=CCC(OC(C)=O)[C@@H]1[C@@H](N(Cc2ccc(-c3ccccc3)cc2)C(=O)Cc2ccc(OC)cc2)c2cc(OCCCO)ccc2N1C(=O)c1ccc(-c2ccccc2)cc1. The molecule has 61 heavy (non-hydrogen) atoms. The van der Waals surface area contributed by atoms with E-state index < -0.39 is 24.2 Å². The zero-order chi connectivity index (χ0) is 42.7. The van der Waals surface area contributed by atoms with Gasteiger partial charge in [0.2, 0.25) is 5.91 Å². The quantitative estimate of drug-likeness (QED) is 0.0556. The van der Waals surface area contributed by atoms with Crippen molar-refractivity contribution < 1.29 is 33.7 Å². The predicted molar refractivity (Wildman–Crippen MR) is 238 cm³/mol. The Labute approximate surface area is 357 Å². The van der Waals surface area contributed by atoms with Crippen LogP contribution in [0.25, 0.3) is 22.3 Å². The molecule has 3 atom stereocenters. The van der Waals surface area contributed by atoms with Crippen molar-refractivity contribution in [3.8, 4) is 33.8 Å². The van der Waals surface area contributed by atoms with Gasteiger partial charge in [0.1, 0.15) is 17.6 Å².